The molecule has 1 aromatic heterocycles. The Morgan fingerprint density at radius 2 is 1.92 bits per heavy atom. The lowest BCUT2D eigenvalue weighted by Crippen LogP contribution is -2.23. The predicted molar refractivity (Wildman–Crippen MR) is 98.5 cm³/mol. The second-order valence-corrected chi connectivity index (χ2v) is 5.55. The SMILES string of the molecule is CCOC(=O)C/C(=N\Nc1cc(=O)[nH]c2ccc(Cl)cc12)C(=O)OCC. The molecule has 0 radical (unpaired) electrons. The van der Waals surface area contributed by atoms with Gasteiger partial charge >= 0.3 is 11.9 Å². The van der Waals surface area contributed by atoms with Crippen LogP contribution in [0.25, 0.3) is 10.9 Å². The van der Waals surface area contributed by atoms with Gasteiger partial charge in [0.25, 0.3) is 5.56 Å². The number of hydrogen-bond donors (Lipinski definition) is 2. The van der Waals surface area contributed by atoms with Gasteiger partial charge in [-0.1, -0.05) is 11.6 Å². The number of carbonyl (C=O) groups is 2. The molecule has 26 heavy (non-hydrogen) atoms. The molecular formula is C17H18ClN3O5. The van der Waals surface area contributed by atoms with Gasteiger partial charge in [0.2, 0.25) is 0 Å². The third kappa shape index (κ3) is 5.06. The summed E-state index contributed by atoms with van der Waals surface area (Å²) in [7, 11) is 0. The first-order valence-electron chi connectivity index (χ1n) is 7.92. The van der Waals surface area contributed by atoms with E-state index < -0.39 is 11.9 Å². The van der Waals surface area contributed by atoms with Crippen molar-refractivity contribution in [3.8, 4) is 0 Å². The molecule has 0 saturated carbocycles. The summed E-state index contributed by atoms with van der Waals surface area (Å²) < 4.78 is 9.73. The van der Waals surface area contributed by atoms with Crippen LogP contribution in [0, 0.1) is 0 Å². The Bertz CT molecular complexity index is 907. The van der Waals surface area contributed by atoms with Crippen molar-refractivity contribution in [2.24, 2.45) is 5.10 Å². The van der Waals surface area contributed by atoms with E-state index in [9.17, 15) is 14.4 Å². The Labute approximate surface area is 154 Å². The highest BCUT2D eigenvalue weighted by Crippen LogP contribution is 2.23. The van der Waals surface area contributed by atoms with Crippen LogP contribution in [0.5, 0.6) is 0 Å². The fourth-order valence-electron chi connectivity index (χ4n) is 2.17. The molecule has 0 spiro atoms. The predicted octanol–water partition coefficient (Wildman–Crippen LogP) is 2.47. The highest BCUT2D eigenvalue weighted by Gasteiger charge is 2.18. The number of esters is 2. The van der Waals surface area contributed by atoms with Gasteiger partial charge in [0.15, 0.2) is 5.71 Å². The number of H-pyrrole nitrogens is 1. The van der Waals surface area contributed by atoms with E-state index in [-0.39, 0.29) is 30.9 Å². The highest BCUT2D eigenvalue weighted by atomic mass is 35.5. The van der Waals surface area contributed by atoms with Gasteiger partial charge in [-0.05, 0) is 32.0 Å². The molecule has 1 heterocycles. The summed E-state index contributed by atoms with van der Waals surface area (Å²) in [6.45, 7) is 3.60. The minimum Gasteiger partial charge on any atom is -0.466 e. The van der Waals surface area contributed by atoms with Crippen molar-refractivity contribution in [2.75, 3.05) is 18.6 Å². The van der Waals surface area contributed by atoms with E-state index in [0.717, 1.165) is 0 Å². The molecule has 0 atom stereocenters. The molecule has 2 aromatic rings. The minimum absolute atomic E-state index is 0.129. The molecule has 0 bridgehead atoms. The Balaban J connectivity index is 2.37. The lowest BCUT2D eigenvalue weighted by atomic mass is 10.2. The van der Waals surface area contributed by atoms with Crippen molar-refractivity contribution in [1.82, 2.24) is 4.98 Å². The third-order valence-corrected chi connectivity index (χ3v) is 3.48. The number of aromatic nitrogens is 1. The van der Waals surface area contributed by atoms with E-state index in [1.807, 2.05) is 0 Å². The first-order valence-corrected chi connectivity index (χ1v) is 8.30. The summed E-state index contributed by atoms with van der Waals surface area (Å²) in [4.78, 5) is 38.1. The zero-order valence-electron chi connectivity index (χ0n) is 14.3. The van der Waals surface area contributed by atoms with Gasteiger partial charge < -0.3 is 14.5 Å². The molecule has 0 fully saturated rings. The van der Waals surface area contributed by atoms with Crippen LogP contribution in [0.15, 0.2) is 34.2 Å². The Kier molecular flexibility index (Phi) is 6.74. The van der Waals surface area contributed by atoms with Crippen molar-refractivity contribution in [2.45, 2.75) is 20.3 Å². The molecule has 0 saturated heterocycles. The largest absolute Gasteiger partial charge is 0.466 e. The third-order valence-electron chi connectivity index (χ3n) is 3.24. The number of nitrogens with zero attached hydrogens (tertiary/aromatic N) is 1. The molecule has 2 rings (SSSR count). The van der Waals surface area contributed by atoms with Crippen LogP contribution in [0.2, 0.25) is 5.02 Å². The van der Waals surface area contributed by atoms with Gasteiger partial charge in [-0.3, -0.25) is 15.0 Å². The summed E-state index contributed by atoms with van der Waals surface area (Å²) in [5.74, 6) is -1.36. The van der Waals surface area contributed by atoms with Gasteiger partial charge in [0.05, 0.1) is 30.8 Å². The number of ether oxygens (including phenoxy) is 2. The summed E-state index contributed by atoms with van der Waals surface area (Å²) in [6.07, 6.45) is -0.360. The summed E-state index contributed by atoms with van der Waals surface area (Å²) in [6, 6.07) is 6.20. The number of nitrogens with one attached hydrogen (secondary N) is 2. The lowest BCUT2D eigenvalue weighted by molar-refractivity contribution is -0.143. The van der Waals surface area contributed by atoms with E-state index >= 15 is 0 Å². The first kappa shape index (κ1) is 19.5. The van der Waals surface area contributed by atoms with E-state index in [2.05, 4.69) is 15.5 Å². The number of halogens is 1. The molecule has 0 amide bonds. The van der Waals surface area contributed by atoms with Crippen LogP contribution in [0.1, 0.15) is 20.3 Å². The molecule has 0 unspecified atom stereocenters. The Morgan fingerprint density at radius 3 is 2.62 bits per heavy atom. The number of anilines is 1. The monoisotopic (exact) mass is 379 g/mol. The molecule has 0 aliphatic carbocycles. The maximum atomic E-state index is 12.0. The van der Waals surface area contributed by atoms with Gasteiger partial charge in [0, 0.05) is 16.5 Å². The molecule has 8 nitrogen and oxygen atoms in total. The quantitative estimate of drug-likeness (QED) is 0.434. The molecule has 9 heteroatoms. The van der Waals surface area contributed by atoms with Crippen LogP contribution in [-0.4, -0.2) is 35.8 Å². The van der Waals surface area contributed by atoms with Crippen LogP contribution in [0.4, 0.5) is 5.69 Å². The number of rotatable bonds is 7. The summed E-state index contributed by atoms with van der Waals surface area (Å²) in [5.41, 5.74) is 2.99. The second-order valence-electron chi connectivity index (χ2n) is 5.11. The zero-order valence-corrected chi connectivity index (χ0v) is 15.1. The number of aromatic amines is 1. The molecule has 0 aliphatic heterocycles. The van der Waals surface area contributed by atoms with Crippen molar-refractivity contribution in [3.63, 3.8) is 0 Å². The fourth-order valence-corrected chi connectivity index (χ4v) is 2.34. The molecule has 0 aliphatic rings. The van der Waals surface area contributed by atoms with Crippen molar-refractivity contribution < 1.29 is 19.1 Å². The summed E-state index contributed by atoms with van der Waals surface area (Å²) >= 11 is 6.00. The number of hydrogen-bond acceptors (Lipinski definition) is 7. The highest BCUT2D eigenvalue weighted by molar-refractivity contribution is 6.39. The van der Waals surface area contributed by atoms with Gasteiger partial charge in [0.1, 0.15) is 0 Å². The van der Waals surface area contributed by atoms with Crippen molar-refractivity contribution >= 4 is 45.8 Å². The van der Waals surface area contributed by atoms with E-state index in [1.54, 1.807) is 32.0 Å². The average molecular weight is 380 g/mol. The van der Waals surface area contributed by atoms with Gasteiger partial charge in [-0.2, -0.15) is 5.10 Å². The Hall–Kier alpha value is -2.87. The van der Waals surface area contributed by atoms with E-state index in [1.165, 1.54) is 6.07 Å². The number of fused-ring (bicyclic) bond motifs is 1. The van der Waals surface area contributed by atoms with E-state index in [0.29, 0.717) is 21.6 Å². The molecule has 138 valence electrons. The van der Waals surface area contributed by atoms with Crippen LogP contribution >= 0.6 is 11.6 Å². The van der Waals surface area contributed by atoms with E-state index in [4.69, 9.17) is 21.1 Å². The minimum atomic E-state index is -0.750. The summed E-state index contributed by atoms with van der Waals surface area (Å²) in [5, 5.41) is 5.01. The zero-order chi connectivity index (χ0) is 19.1. The molecule has 2 N–H and O–H groups in total. The van der Waals surface area contributed by atoms with Crippen molar-refractivity contribution in [1.29, 1.82) is 0 Å². The number of carbonyl (C=O) groups excluding carboxylic acids is 2. The van der Waals surface area contributed by atoms with Crippen LogP contribution in [-0.2, 0) is 19.1 Å². The maximum absolute atomic E-state index is 12.0. The van der Waals surface area contributed by atoms with Gasteiger partial charge in [-0.15, -0.1) is 0 Å². The first-order chi connectivity index (χ1) is 12.4. The smallest absolute Gasteiger partial charge is 0.355 e. The number of benzene rings is 1. The van der Waals surface area contributed by atoms with Crippen molar-refractivity contribution in [3.05, 3.63) is 39.6 Å². The number of pyridine rings is 1. The number of hydrazone groups is 1. The maximum Gasteiger partial charge on any atom is 0.355 e. The normalized spacial score (nSPS) is 11.3. The Morgan fingerprint density at radius 1 is 1.19 bits per heavy atom. The topological polar surface area (TPSA) is 110 Å². The molecular weight excluding hydrogens is 362 g/mol. The van der Waals surface area contributed by atoms with Gasteiger partial charge in [-0.25, -0.2) is 4.79 Å². The van der Waals surface area contributed by atoms with Crippen LogP contribution < -0.4 is 11.0 Å². The standard InChI is InChI=1S/C17H18ClN3O5/c1-3-25-16(23)9-14(17(24)26-4-2)21-20-13-8-15(22)19-12-6-5-10(18)7-11(12)13/h5-8H,3-4,9H2,1-2H3,(H2,19,20,22)/b21-14+. The average Bonchev–Trinajstić information content (AvgIpc) is 2.59. The molecule has 1 aromatic carbocycles. The second kappa shape index (κ2) is 9.00. The fraction of sp³-hybridized carbons (Fsp3) is 0.294. The lowest BCUT2D eigenvalue weighted by Gasteiger charge is -2.09. The van der Waals surface area contributed by atoms with Crippen LogP contribution in [0.3, 0.4) is 0 Å².